The first-order chi connectivity index (χ1) is 23.3. The molecule has 0 bridgehead atoms. The van der Waals surface area contributed by atoms with E-state index in [-0.39, 0.29) is 12.2 Å². The Balaban J connectivity index is 0.992. The Morgan fingerprint density at radius 3 is 2.62 bits per heavy atom. The average molecular weight is 619 g/mol. The summed E-state index contributed by atoms with van der Waals surface area (Å²) in [4.78, 5) is 0. The van der Waals surface area contributed by atoms with Crippen molar-refractivity contribution in [1.29, 1.82) is 0 Å². The van der Waals surface area contributed by atoms with E-state index < -0.39 is 0 Å². The smallest absolute Gasteiger partial charge is 0.0871 e. The minimum atomic E-state index is 0.234. The summed E-state index contributed by atoms with van der Waals surface area (Å²) < 4.78 is 7.18. The zero-order valence-electron chi connectivity index (χ0n) is 28.0. The van der Waals surface area contributed by atoms with E-state index in [4.69, 9.17) is 4.74 Å². The Morgan fingerprint density at radius 1 is 0.745 bits per heavy atom. The minimum Gasteiger partial charge on any atom is -0.365 e. The molecule has 10 rings (SSSR count). The molecule has 1 aromatic carbocycles. The van der Waals surface area contributed by atoms with Crippen LogP contribution in [0.4, 0.5) is 0 Å². The summed E-state index contributed by atoms with van der Waals surface area (Å²) in [6, 6.07) is 9.99. The summed E-state index contributed by atoms with van der Waals surface area (Å²) in [7, 11) is 0. The van der Waals surface area contributed by atoms with Gasteiger partial charge in [0, 0.05) is 11.8 Å². The van der Waals surface area contributed by atoms with Gasteiger partial charge in [0.25, 0.3) is 0 Å². The van der Waals surface area contributed by atoms with Crippen LogP contribution < -0.4 is 0 Å². The largest absolute Gasteiger partial charge is 0.365 e. The molecule has 1 nitrogen and oxygen atoms in total. The highest BCUT2D eigenvalue weighted by molar-refractivity contribution is 5.84. The van der Waals surface area contributed by atoms with Gasteiger partial charge in [0.2, 0.25) is 0 Å². The Morgan fingerprint density at radius 2 is 1.66 bits per heavy atom. The topological polar surface area (TPSA) is 9.23 Å². The van der Waals surface area contributed by atoms with Crippen molar-refractivity contribution in [3.05, 3.63) is 136 Å². The van der Waals surface area contributed by atoms with Crippen LogP contribution in [-0.4, -0.2) is 12.2 Å². The van der Waals surface area contributed by atoms with Gasteiger partial charge in [-0.25, -0.2) is 0 Å². The van der Waals surface area contributed by atoms with Gasteiger partial charge in [-0.1, -0.05) is 109 Å². The normalized spacial score (nSPS) is 38.4. The highest BCUT2D eigenvalue weighted by Gasteiger charge is 2.52. The average Bonchev–Trinajstić information content (AvgIpc) is 3.50. The first kappa shape index (κ1) is 28.8. The zero-order chi connectivity index (χ0) is 30.9. The number of ether oxygens (including phenoxy) is 1. The molecule has 47 heavy (non-hydrogen) atoms. The van der Waals surface area contributed by atoms with Gasteiger partial charge in [0.05, 0.1) is 12.2 Å². The number of allylic oxidation sites excluding steroid dienone is 15. The monoisotopic (exact) mass is 618 g/mol. The third-order valence-electron chi connectivity index (χ3n) is 13.8. The van der Waals surface area contributed by atoms with E-state index in [9.17, 15) is 0 Å². The lowest BCUT2D eigenvalue weighted by molar-refractivity contribution is -0.00967. The molecule has 1 aromatic rings. The van der Waals surface area contributed by atoms with Gasteiger partial charge in [0.15, 0.2) is 0 Å². The molecule has 2 fully saturated rings. The molecule has 1 heteroatoms. The van der Waals surface area contributed by atoms with Gasteiger partial charge in [-0.2, -0.15) is 0 Å². The molecule has 0 N–H and O–H groups in total. The second kappa shape index (κ2) is 11.8. The molecule has 1 saturated heterocycles. The lowest BCUT2D eigenvalue weighted by Crippen LogP contribution is -2.44. The summed E-state index contributed by atoms with van der Waals surface area (Å²) >= 11 is 0. The van der Waals surface area contributed by atoms with Crippen molar-refractivity contribution in [2.45, 2.75) is 102 Å². The van der Waals surface area contributed by atoms with Crippen LogP contribution in [0.1, 0.15) is 101 Å². The molecule has 1 saturated carbocycles. The van der Waals surface area contributed by atoms with Gasteiger partial charge >= 0.3 is 0 Å². The van der Waals surface area contributed by atoms with Crippen molar-refractivity contribution in [3.8, 4) is 0 Å². The van der Waals surface area contributed by atoms with E-state index in [0.717, 1.165) is 0 Å². The number of hydrogen-bond acceptors (Lipinski definition) is 1. The van der Waals surface area contributed by atoms with E-state index >= 15 is 0 Å². The van der Waals surface area contributed by atoms with Crippen molar-refractivity contribution < 1.29 is 4.74 Å². The first-order valence-electron chi connectivity index (χ1n) is 19.3. The highest BCUT2D eigenvalue weighted by atomic mass is 16.5. The fourth-order valence-corrected chi connectivity index (χ4v) is 11.7. The van der Waals surface area contributed by atoms with E-state index in [1.165, 1.54) is 106 Å². The molecule has 0 spiro atoms. The molecule has 1 aliphatic heterocycles. The maximum atomic E-state index is 7.18. The number of hydrogen-bond donors (Lipinski definition) is 0. The second-order valence-corrected chi connectivity index (χ2v) is 16.1. The zero-order valence-corrected chi connectivity index (χ0v) is 28.0. The Hall–Kier alpha value is -3.16. The highest BCUT2D eigenvalue weighted by Crippen LogP contribution is 2.59. The van der Waals surface area contributed by atoms with Crippen LogP contribution >= 0.6 is 0 Å². The maximum absolute atomic E-state index is 7.18. The van der Waals surface area contributed by atoms with Crippen LogP contribution in [0, 0.1) is 35.5 Å². The molecule has 9 atom stereocenters. The van der Waals surface area contributed by atoms with Crippen LogP contribution in [0.2, 0.25) is 0 Å². The van der Waals surface area contributed by atoms with Crippen molar-refractivity contribution >= 4 is 5.57 Å². The predicted molar refractivity (Wildman–Crippen MR) is 194 cm³/mol. The van der Waals surface area contributed by atoms with Crippen LogP contribution in [0.5, 0.6) is 0 Å². The molecule has 240 valence electrons. The molecular formula is C46H50O. The van der Waals surface area contributed by atoms with Gasteiger partial charge in [-0.15, -0.1) is 0 Å². The summed E-state index contributed by atoms with van der Waals surface area (Å²) in [6.45, 7) is 0. The van der Waals surface area contributed by atoms with E-state index in [0.29, 0.717) is 41.4 Å². The van der Waals surface area contributed by atoms with Crippen molar-refractivity contribution in [1.82, 2.24) is 0 Å². The lowest BCUT2D eigenvalue weighted by atomic mass is 9.54. The van der Waals surface area contributed by atoms with E-state index in [2.05, 4.69) is 91.1 Å². The summed E-state index contributed by atoms with van der Waals surface area (Å²) in [5.41, 5.74) is 14.3. The number of rotatable bonds is 3. The van der Waals surface area contributed by atoms with Crippen molar-refractivity contribution in [3.63, 3.8) is 0 Å². The molecule has 0 amide bonds. The van der Waals surface area contributed by atoms with Crippen LogP contribution in [-0.2, 0) is 4.74 Å². The minimum absolute atomic E-state index is 0.234. The Labute approximate surface area is 282 Å². The SMILES string of the molecule is C1=CCC2C(=C1)C(c1ccc(C3C=C4CCC=CC4CC3)cc1)=C1CCCCC1C2C1CCC=C2C3C=C4C=CCCC4=CC3OC21. The molecule has 0 radical (unpaired) electrons. The summed E-state index contributed by atoms with van der Waals surface area (Å²) in [6.07, 6.45) is 44.2. The van der Waals surface area contributed by atoms with Crippen LogP contribution in [0.3, 0.4) is 0 Å². The van der Waals surface area contributed by atoms with Crippen LogP contribution in [0.15, 0.2) is 125 Å². The molecule has 9 aliphatic rings. The van der Waals surface area contributed by atoms with Gasteiger partial charge in [-0.05, 0) is 146 Å². The predicted octanol–water partition coefficient (Wildman–Crippen LogP) is 11.5. The molecule has 8 aliphatic carbocycles. The van der Waals surface area contributed by atoms with Crippen LogP contribution in [0.25, 0.3) is 5.57 Å². The summed E-state index contributed by atoms with van der Waals surface area (Å²) in [5.74, 6) is 4.28. The molecular weight excluding hydrogens is 569 g/mol. The fraction of sp³-hybridized carbons (Fsp3) is 0.478. The molecule has 1 heterocycles. The maximum Gasteiger partial charge on any atom is 0.0871 e. The number of fused-ring (bicyclic) bond motifs is 7. The Bertz CT molecular complexity index is 1730. The second-order valence-electron chi connectivity index (χ2n) is 16.1. The standard InChI is InChI=1S/C46H50O/c1-2-11-32-26-35(25-22-29(32)10-1)30-20-23-31(24-21-30)44-36-14-5-7-16-38(36)45(39-17-8-6-15-37(39)44)41-19-9-18-40-42-27-33-12-3-4-13-34(33)28-43(42)47-46(40)41/h1,3,5,7,10,12,14,18,20-21,23-24,26-29,35,38-39,41-43,45-46H,2,4,6,8-9,11,13,15-17,19,22,25H2. The van der Waals surface area contributed by atoms with Crippen molar-refractivity contribution in [2.75, 3.05) is 0 Å². The van der Waals surface area contributed by atoms with Crippen molar-refractivity contribution in [2.24, 2.45) is 35.5 Å². The Kier molecular flexibility index (Phi) is 7.21. The van der Waals surface area contributed by atoms with Gasteiger partial charge in [0.1, 0.15) is 0 Å². The third kappa shape index (κ3) is 4.81. The van der Waals surface area contributed by atoms with E-state index in [1.54, 1.807) is 27.9 Å². The number of benzene rings is 1. The fourth-order valence-electron chi connectivity index (χ4n) is 11.7. The molecule has 0 aromatic heterocycles. The van der Waals surface area contributed by atoms with Gasteiger partial charge < -0.3 is 4.74 Å². The third-order valence-corrected chi connectivity index (χ3v) is 13.8. The van der Waals surface area contributed by atoms with E-state index in [1.807, 2.05) is 0 Å². The molecule has 9 unspecified atom stereocenters. The lowest BCUT2D eigenvalue weighted by Gasteiger charge is -2.50. The quantitative estimate of drug-likeness (QED) is 0.306. The summed E-state index contributed by atoms with van der Waals surface area (Å²) in [5, 5.41) is 0. The van der Waals surface area contributed by atoms with Gasteiger partial charge in [-0.3, -0.25) is 0 Å². The first-order valence-corrected chi connectivity index (χ1v) is 19.3.